The van der Waals surface area contributed by atoms with E-state index in [0.29, 0.717) is 0 Å². The molecule has 0 aliphatic heterocycles. The molecular weight excluding hydrogens is 760 g/mol. The Morgan fingerprint density at radius 3 is 1.09 bits per heavy atom. The summed E-state index contributed by atoms with van der Waals surface area (Å²) in [5.74, 6) is 0. The number of hydrogen-bond donors (Lipinski definition) is 0. The predicted octanol–water partition coefficient (Wildman–Crippen LogP) is 13.9. The molecule has 0 nitrogen and oxygen atoms in total. The molecule has 0 aliphatic rings. The molecule has 0 amide bonds. The van der Waals surface area contributed by atoms with Gasteiger partial charge in [0.05, 0.1) is 0 Å². The third-order valence-electron chi connectivity index (χ3n) is 12.6. The second-order valence-corrected chi connectivity index (χ2v) is 29.2. The van der Waals surface area contributed by atoms with Gasteiger partial charge in [-0.25, -0.2) is 12.1 Å². The van der Waals surface area contributed by atoms with Crippen LogP contribution < -0.4 is 10.4 Å². The Kier molecular flexibility index (Phi) is 15.4. The molecule has 6 aromatic rings. The quantitative estimate of drug-likeness (QED) is 0.0953. The zero-order valence-corrected chi connectivity index (χ0v) is 40.2. The second-order valence-electron chi connectivity index (χ2n) is 17.4. The van der Waals surface area contributed by atoms with Crippen LogP contribution in [0.1, 0.15) is 105 Å². The Morgan fingerprint density at radius 1 is 0.500 bits per heavy atom. The van der Waals surface area contributed by atoms with Crippen molar-refractivity contribution in [3.63, 3.8) is 0 Å². The van der Waals surface area contributed by atoms with Crippen molar-refractivity contribution in [3.8, 4) is 0 Å². The maximum atomic E-state index is 2.44. The molecule has 284 valence electrons. The van der Waals surface area contributed by atoms with Crippen LogP contribution in [0.5, 0.6) is 0 Å². The van der Waals surface area contributed by atoms with Gasteiger partial charge >= 0.3 is 191 Å². The monoisotopic (exact) mass is 826 g/mol. The summed E-state index contributed by atoms with van der Waals surface area (Å²) >= 11 is 1.50. The van der Waals surface area contributed by atoms with Crippen LogP contribution in [0.25, 0.3) is 21.5 Å². The maximum Gasteiger partial charge on any atom is -0.172 e. The summed E-state index contributed by atoms with van der Waals surface area (Å²) in [5, 5.41) is 8.77. The molecule has 0 radical (unpaired) electrons. The van der Waals surface area contributed by atoms with Gasteiger partial charge in [0.2, 0.25) is 0 Å². The normalized spacial score (nSPS) is 12.3. The van der Waals surface area contributed by atoms with Crippen molar-refractivity contribution in [2.45, 2.75) is 130 Å². The molecule has 0 atom stereocenters. The van der Waals surface area contributed by atoms with E-state index in [1.165, 1.54) is 108 Å². The molecule has 0 saturated heterocycles. The van der Waals surface area contributed by atoms with Crippen LogP contribution in [0, 0.1) is 0 Å². The van der Waals surface area contributed by atoms with Crippen molar-refractivity contribution in [1.82, 2.24) is 0 Å². The molecule has 0 unspecified atom stereocenters. The Bertz CT molecular complexity index is 1870. The van der Waals surface area contributed by atoms with Crippen LogP contribution >= 0.6 is 0 Å². The molecule has 0 heterocycles. The molecule has 3 heteroatoms. The van der Waals surface area contributed by atoms with Gasteiger partial charge < -0.3 is 0 Å². The van der Waals surface area contributed by atoms with Gasteiger partial charge in [-0.3, -0.25) is 0 Å². The number of benzene rings is 4. The average molecular weight is 829 g/mol. The van der Waals surface area contributed by atoms with E-state index >= 15 is 0 Å². The van der Waals surface area contributed by atoms with Crippen molar-refractivity contribution >= 4 is 51.3 Å². The van der Waals surface area contributed by atoms with Gasteiger partial charge in [-0.2, -0.15) is 18.2 Å². The molecule has 6 aromatic carbocycles. The number of hydrogen-bond acceptors (Lipinski definition) is 0. The van der Waals surface area contributed by atoms with E-state index in [1.807, 2.05) is 30.3 Å². The van der Waals surface area contributed by atoms with Crippen molar-refractivity contribution in [1.29, 1.82) is 0 Å². The van der Waals surface area contributed by atoms with Gasteiger partial charge in [0.15, 0.2) is 0 Å². The van der Waals surface area contributed by atoms with Gasteiger partial charge in [0, 0.05) is 0 Å². The summed E-state index contributed by atoms with van der Waals surface area (Å²) in [6, 6.07) is 53.6. The fourth-order valence-corrected chi connectivity index (χ4v) is 16.2. The van der Waals surface area contributed by atoms with Crippen LogP contribution in [0.15, 0.2) is 121 Å². The van der Waals surface area contributed by atoms with Gasteiger partial charge in [-0.15, -0.1) is 39.7 Å². The van der Waals surface area contributed by atoms with Crippen molar-refractivity contribution in [2.24, 2.45) is 0 Å². The fourth-order valence-electron chi connectivity index (χ4n) is 8.15. The van der Waals surface area contributed by atoms with E-state index < -0.39 is 16.1 Å². The van der Waals surface area contributed by atoms with Gasteiger partial charge in [-0.1, -0.05) is 76.9 Å². The van der Waals surface area contributed by atoms with Crippen LogP contribution in [-0.4, -0.2) is 19.4 Å². The third kappa shape index (κ3) is 10.2. The first-order valence-electron chi connectivity index (χ1n) is 20.7. The number of fused-ring (bicyclic) bond motifs is 3. The summed E-state index contributed by atoms with van der Waals surface area (Å²) < 4.78 is 1.49. The van der Waals surface area contributed by atoms with Crippen LogP contribution in [-0.2, 0) is 35.1 Å². The van der Waals surface area contributed by atoms with Gasteiger partial charge in [0.1, 0.15) is 0 Å². The molecule has 0 spiro atoms. The van der Waals surface area contributed by atoms with E-state index in [0.717, 1.165) is 0 Å². The molecule has 54 heavy (non-hydrogen) atoms. The second kappa shape index (κ2) is 19.0. The Morgan fingerprint density at radius 2 is 0.833 bits per heavy atom. The average Bonchev–Trinajstić information content (AvgIpc) is 3.88. The van der Waals surface area contributed by atoms with E-state index in [2.05, 4.69) is 174 Å². The van der Waals surface area contributed by atoms with E-state index in [9.17, 15) is 0 Å². The maximum absolute atomic E-state index is 2.44. The largest absolute Gasteiger partial charge is 0.214 e. The zero-order valence-electron chi connectivity index (χ0n) is 35.8. The molecule has 0 aliphatic carbocycles. The fraction of sp³-hybridized carbons (Fsp3) is 0.392. The van der Waals surface area contributed by atoms with E-state index in [-0.39, 0.29) is 10.8 Å². The van der Waals surface area contributed by atoms with Crippen LogP contribution in [0.4, 0.5) is 0 Å². The minimum atomic E-state index is -1.27. The molecular formula is C51H68Si2Zr. The topological polar surface area (TPSA) is 0 Å². The third-order valence-corrected chi connectivity index (χ3v) is 25.3. The van der Waals surface area contributed by atoms with Gasteiger partial charge in [-0.05, 0) is 10.8 Å². The molecule has 0 aromatic heterocycles. The van der Waals surface area contributed by atoms with Crippen molar-refractivity contribution < 1.29 is 24.2 Å². The first-order chi connectivity index (χ1) is 25.6. The van der Waals surface area contributed by atoms with Crippen molar-refractivity contribution in [2.75, 3.05) is 0 Å². The van der Waals surface area contributed by atoms with Gasteiger partial charge in [0.25, 0.3) is 0 Å². The Labute approximate surface area is 346 Å². The minimum absolute atomic E-state index is 0.203. The summed E-state index contributed by atoms with van der Waals surface area (Å²) in [6.07, 6.45) is 0. The molecule has 0 saturated carbocycles. The standard InChI is InChI=1S/C25H38Si2.C21H25.C5H5.Zr/c1-7-26(8-2,9-3)24-17-13-22(14-18-24)21-23-15-19-25(20-16-23)27(10-4,11-5)12-6;1-20(2,3)16-7-9-18-14(12-16)11-15-13-17(21(4,5)6)8-10-19(15)18;1-2-4-5-3-1;/h13-20H,7-12H2,1-6H3;7-13H,1-6H3;1-5H;/q;2*-1;+2. The zero-order chi connectivity index (χ0) is 39.7. The summed E-state index contributed by atoms with van der Waals surface area (Å²) in [4.78, 5) is 0. The first-order valence-corrected chi connectivity index (χ1v) is 27.2. The Hall–Kier alpha value is -2.71. The number of rotatable bonds is 10. The minimum Gasteiger partial charge on any atom is -0.214 e. The molecule has 0 fully saturated rings. The molecule has 0 bridgehead atoms. The molecule has 6 rings (SSSR count). The van der Waals surface area contributed by atoms with Crippen LogP contribution in [0.2, 0.25) is 36.3 Å². The van der Waals surface area contributed by atoms with E-state index in [4.69, 9.17) is 0 Å². The van der Waals surface area contributed by atoms with Crippen molar-refractivity contribution in [3.05, 3.63) is 144 Å². The Balaban J connectivity index is 0.000000218. The van der Waals surface area contributed by atoms with E-state index in [1.54, 1.807) is 10.4 Å². The smallest absolute Gasteiger partial charge is 0.172 e. The summed E-state index contributed by atoms with van der Waals surface area (Å²) in [5.41, 5.74) is 6.03. The molecule has 0 N–H and O–H groups in total. The predicted molar refractivity (Wildman–Crippen MR) is 246 cm³/mol. The van der Waals surface area contributed by atoms with Crippen LogP contribution in [0.3, 0.4) is 0 Å². The summed E-state index contributed by atoms with van der Waals surface area (Å²) in [7, 11) is -2.54. The summed E-state index contributed by atoms with van der Waals surface area (Å²) in [6.45, 7) is 28.0. The SMILES string of the molecule is CC(C)(C)c1ccc2c(c1)[cH-]c1cc(C(C)(C)C)ccc12.CC[Si](CC)(CC)c1ccc([C](=[Zr+2])c2ccc([Si](CC)(CC)CC)cc2)cc1.c1cc[cH-]c1. The first kappa shape index (κ1) is 44.0.